The molecule has 1 heterocycles. The minimum absolute atomic E-state index is 0.149. The SMILES string of the molecule is CC(C)(C)OC(=O)N1CCCC1CCCBr. The molecular formula is C12H22BrNO2. The number of likely N-dealkylation sites (tertiary alicyclic amines) is 1. The first-order valence-corrected chi connectivity index (χ1v) is 7.12. The summed E-state index contributed by atoms with van der Waals surface area (Å²) in [6.07, 6.45) is 4.26. The molecule has 4 heteroatoms. The molecule has 1 saturated heterocycles. The fourth-order valence-corrected chi connectivity index (χ4v) is 2.33. The molecule has 0 aliphatic carbocycles. The highest BCUT2D eigenvalue weighted by Crippen LogP contribution is 2.24. The van der Waals surface area contributed by atoms with Gasteiger partial charge in [0.2, 0.25) is 0 Å². The van der Waals surface area contributed by atoms with Gasteiger partial charge in [-0.15, -0.1) is 0 Å². The van der Waals surface area contributed by atoms with Crippen molar-refractivity contribution in [3.63, 3.8) is 0 Å². The zero-order valence-electron chi connectivity index (χ0n) is 10.5. The van der Waals surface area contributed by atoms with Gasteiger partial charge in [0.25, 0.3) is 0 Å². The van der Waals surface area contributed by atoms with Gasteiger partial charge in [0.15, 0.2) is 0 Å². The van der Waals surface area contributed by atoms with E-state index < -0.39 is 0 Å². The lowest BCUT2D eigenvalue weighted by molar-refractivity contribution is 0.0220. The van der Waals surface area contributed by atoms with Crippen LogP contribution < -0.4 is 0 Å². The first-order valence-electron chi connectivity index (χ1n) is 5.99. The lowest BCUT2D eigenvalue weighted by atomic mass is 10.1. The van der Waals surface area contributed by atoms with Crippen LogP contribution in [0.2, 0.25) is 0 Å². The quantitative estimate of drug-likeness (QED) is 0.744. The molecule has 1 aliphatic heterocycles. The molecule has 1 fully saturated rings. The topological polar surface area (TPSA) is 29.5 Å². The average Bonchev–Trinajstić information content (AvgIpc) is 2.59. The Bertz CT molecular complexity index is 238. The maximum atomic E-state index is 11.9. The predicted molar refractivity (Wildman–Crippen MR) is 69.0 cm³/mol. The summed E-state index contributed by atoms with van der Waals surface area (Å²) in [7, 11) is 0. The van der Waals surface area contributed by atoms with Gasteiger partial charge in [0, 0.05) is 17.9 Å². The van der Waals surface area contributed by atoms with E-state index in [0.29, 0.717) is 6.04 Å². The van der Waals surface area contributed by atoms with E-state index in [-0.39, 0.29) is 11.7 Å². The number of carbonyl (C=O) groups is 1. The first kappa shape index (κ1) is 13.8. The van der Waals surface area contributed by atoms with E-state index in [0.717, 1.165) is 37.6 Å². The standard InChI is InChI=1S/C12H22BrNO2/c1-12(2,3)16-11(15)14-9-5-7-10(14)6-4-8-13/h10H,4-9H2,1-3H3. The maximum absolute atomic E-state index is 11.9. The summed E-state index contributed by atoms with van der Waals surface area (Å²) >= 11 is 3.43. The molecule has 94 valence electrons. The van der Waals surface area contributed by atoms with Gasteiger partial charge < -0.3 is 9.64 Å². The van der Waals surface area contributed by atoms with Crippen LogP contribution >= 0.6 is 15.9 Å². The van der Waals surface area contributed by atoms with Crippen molar-refractivity contribution >= 4 is 22.0 Å². The molecule has 16 heavy (non-hydrogen) atoms. The fourth-order valence-electron chi connectivity index (χ4n) is 2.01. The van der Waals surface area contributed by atoms with E-state index in [4.69, 9.17) is 4.74 Å². The minimum atomic E-state index is -0.389. The number of hydrogen-bond donors (Lipinski definition) is 0. The number of amides is 1. The Hall–Kier alpha value is -0.250. The van der Waals surface area contributed by atoms with Gasteiger partial charge in [0.1, 0.15) is 5.60 Å². The van der Waals surface area contributed by atoms with E-state index in [1.165, 1.54) is 0 Å². The van der Waals surface area contributed by atoms with Crippen LogP contribution in [0.5, 0.6) is 0 Å². The fraction of sp³-hybridized carbons (Fsp3) is 0.917. The van der Waals surface area contributed by atoms with Gasteiger partial charge >= 0.3 is 6.09 Å². The summed E-state index contributed by atoms with van der Waals surface area (Å²) in [4.78, 5) is 13.8. The lowest BCUT2D eigenvalue weighted by Gasteiger charge is -2.28. The second-order valence-electron chi connectivity index (χ2n) is 5.30. The van der Waals surface area contributed by atoms with Gasteiger partial charge in [-0.25, -0.2) is 4.79 Å². The van der Waals surface area contributed by atoms with Crippen molar-refractivity contribution < 1.29 is 9.53 Å². The van der Waals surface area contributed by atoms with E-state index >= 15 is 0 Å². The molecule has 0 N–H and O–H groups in total. The Morgan fingerprint density at radius 3 is 2.75 bits per heavy atom. The molecule has 0 spiro atoms. The summed E-state index contributed by atoms with van der Waals surface area (Å²) in [6, 6.07) is 0.382. The third-order valence-corrected chi connectivity index (χ3v) is 3.24. The van der Waals surface area contributed by atoms with Crippen molar-refractivity contribution in [2.45, 2.75) is 58.1 Å². The van der Waals surface area contributed by atoms with Crippen molar-refractivity contribution in [1.29, 1.82) is 0 Å². The molecule has 1 rings (SSSR count). The van der Waals surface area contributed by atoms with E-state index in [1.54, 1.807) is 0 Å². The molecule has 0 saturated carbocycles. The van der Waals surface area contributed by atoms with Crippen molar-refractivity contribution in [3.8, 4) is 0 Å². The van der Waals surface area contributed by atoms with E-state index in [9.17, 15) is 4.79 Å². The number of ether oxygens (including phenoxy) is 1. The highest BCUT2D eigenvalue weighted by Gasteiger charge is 2.31. The number of rotatable bonds is 3. The Kier molecular flexibility index (Phi) is 5.09. The predicted octanol–water partition coefficient (Wildman–Crippen LogP) is 3.56. The smallest absolute Gasteiger partial charge is 0.410 e. The Morgan fingerprint density at radius 1 is 1.50 bits per heavy atom. The molecule has 1 aliphatic rings. The van der Waals surface area contributed by atoms with Crippen LogP contribution in [0.4, 0.5) is 4.79 Å². The molecule has 0 bridgehead atoms. The van der Waals surface area contributed by atoms with Gasteiger partial charge in [-0.05, 0) is 46.5 Å². The number of carbonyl (C=O) groups excluding carboxylic acids is 1. The third-order valence-electron chi connectivity index (χ3n) is 2.68. The normalized spacial score (nSPS) is 21.2. The van der Waals surface area contributed by atoms with Crippen molar-refractivity contribution in [2.75, 3.05) is 11.9 Å². The summed E-state index contributed by atoms with van der Waals surface area (Å²) in [5.74, 6) is 0. The molecule has 0 aromatic rings. The van der Waals surface area contributed by atoms with Crippen molar-refractivity contribution in [1.82, 2.24) is 4.90 Å². The monoisotopic (exact) mass is 291 g/mol. The van der Waals surface area contributed by atoms with Crippen LogP contribution in [0.25, 0.3) is 0 Å². The first-order chi connectivity index (χ1) is 7.44. The largest absolute Gasteiger partial charge is 0.444 e. The molecule has 1 unspecified atom stereocenters. The average molecular weight is 292 g/mol. The Labute approximate surface area is 107 Å². The lowest BCUT2D eigenvalue weighted by Crippen LogP contribution is -2.39. The van der Waals surface area contributed by atoms with Crippen LogP contribution in [0.1, 0.15) is 46.5 Å². The van der Waals surface area contributed by atoms with Crippen LogP contribution in [-0.2, 0) is 4.74 Å². The second kappa shape index (κ2) is 5.89. The zero-order valence-corrected chi connectivity index (χ0v) is 12.0. The van der Waals surface area contributed by atoms with Gasteiger partial charge in [0.05, 0.1) is 0 Å². The van der Waals surface area contributed by atoms with Crippen molar-refractivity contribution in [3.05, 3.63) is 0 Å². The van der Waals surface area contributed by atoms with Crippen molar-refractivity contribution in [2.24, 2.45) is 0 Å². The number of alkyl halides is 1. The molecule has 0 radical (unpaired) electrons. The van der Waals surface area contributed by atoms with Gasteiger partial charge in [-0.3, -0.25) is 0 Å². The third kappa shape index (κ3) is 4.32. The number of halogens is 1. The van der Waals surface area contributed by atoms with Crippen LogP contribution in [0, 0.1) is 0 Å². The highest BCUT2D eigenvalue weighted by molar-refractivity contribution is 9.09. The summed E-state index contributed by atoms with van der Waals surface area (Å²) in [6.45, 7) is 6.58. The maximum Gasteiger partial charge on any atom is 0.410 e. The molecular weight excluding hydrogens is 270 g/mol. The zero-order chi connectivity index (χ0) is 12.2. The van der Waals surface area contributed by atoms with Gasteiger partial charge in [-0.2, -0.15) is 0 Å². The van der Waals surface area contributed by atoms with Crippen LogP contribution in [0.15, 0.2) is 0 Å². The number of nitrogens with zero attached hydrogens (tertiary/aromatic N) is 1. The molecule has 3 nitrogen and oxygen atoms in total. The van der Waals surface area contributed by atoms with E-state index in [2.05, 4.69) is 15.9 Å². The van der Waals surface area contributed by atoms with Crippen LogP contribution in [0.3, 0.4) is 0 Å². The minimum Gasteiger partial charge on any atom is -0.444 e. The molecule has 0 aromatic heterocycles. The number of hydrogen-bond acceptors (Lipinski definition) is 2. The molecule has 0 aromatic carbocycles. The van der Waals surface area contributed by atoms with Gasteiger partial charge in [-0.1, -0.05) is 15.9 Å². The summed E-state index contributed by atoms with van der Waals surface area (Å²) in [5.41, 5.74) is -0.389. The van der Waals surface area contributed by atoms with E-state index in [1.807, 2.05) is 25.7 Å². The highest BCUT2D eigenvalue weighted by atomic mass is 79.9. The molecule has 1 amide bonds. The molecule has 1 atom stereocenters. The summed E-state index contributed by atoms with van der Waals surface area (Å²) in [5, 5.41) is 1.01. The van der Waals surface area contributed by atoms with Crippen LogP contribution in [-0.4, -0.2) is 34.5 Å². The Balaban J connectivity index is 2.47. The summed E-state index contributed by atoms with van der Waals surface area (Å²) < 4.78 is 5.41. The Morgan fingerprint density at radius 2 is 2.19 bits per heavy atom. The second-order valence-corrected chi connectivity index (χ2v) is 6.09.